The number of anilines is 1. The van der Waals surface area contributed by atoms with Gasteiger partial charge in [0.1, 0.15) is 5.75 Å². The molecule has 0 radical (unpaired) electrons. The van der Waals surface area contributed by atoms with E-state index in [0.717, 1.165) is 35.7 Å². The fourth-order valence-corrected chi connectivity index (χ4v) is 4.58. The Balaban J connectivity index is 1.80. The van der Waals surface area contributed by atoms with Gasteiger partial charge in [0.15, 0.2) is 0 Å². The number of hydrogen-bond donors (Lipinski definition) is 2. The van der Waals surface area contributed by atoms with E-state index in [4.69, 9.17) is 9.57 Å². The van der Waals surface area contributed by atoms with Crippen LogP contribution >= 0.6 is 0 Å². The van der Waals surface area contributed by atoms with Gasteiger partial charge in [0, 0.05) is 24.2 Å². The summed E-state index contributed by atoms with van der Waals surface area (Å²) in [4.78, 5) is 5.07. The molecule has 2 atom stereocenters. The van der Waals surface area contributed by atoms with Crippen molar-refractivity contribution in [3.8, 4) is 5.75 Å². The third-order valence-electron chi connectivity index (χ3n) is 5.11. The largest absolute Gasteiger partial charge is 0.496 e. The molecule has 0 amide bonds. The van der Waals surface area contributed by atoms with Crippen LogP contribution in [0, 0.1) is 0 Å². The average molecular weight is 420 g/mol. The second-order valence-corrected chi connectivity index (χ2v) is 8.94. The van der Waals surface area contributed by atoms with Gasteiger partial charge in [-0.25, -0.2) is 8.42 Å². The summed E-state index contributed by atoms with van der Waals surface area (Å²) in [7, 11) is -0.601. The summed E-state index contributed by atoms with van der Waals surface area (Å²) in [6, 6.07) is 16.1. The lowest BCUT2D eigenvalue weighted by Gasteiger charge is -2.34. The molecule has 8 heteroatoms. The molecule has 3 rings (SSSR count). The fraction of sp³-hybridized carbons (Fsp3) is 0.429. The normalized spacial score (nSPS) is 19.7. The highest BCUT2D eigenvalue weighted by Gasteiger charge is 2.26. The van der Waals surface area contributed by atoms with Crippen LogP contribution in [0.25, 0.3) is 0 Å². The first kappa shape index (κ1) is 21.6. The molecular formula is C21H29N3O4S. The maximum absolute atomic E-state index is 12.0. The molecule has 0 unspecified atom stereocenters. The smallest absolute Gasteiger partial charge is 0.254 e. The SMILES string of the molecule is COc1ccc(N(OC)S(C)(=O)=O)cc1CN[C@@H]1CCCN[C@@H]1c1ccccc1. The third-order valence-corrected chi connectivity index (χ3v) is 6.08. The third kappa shape index (κ3) is 5.27. The molecule has 29 heavy (non-hydrogen) atoms. The molecule has 158 valence electrons. The second-order valence-electron chi connectivity index (χ2n) is 7.14. The Labute approximate surface area is 173 Å². The van der Waals surface area contributed by atoms with Crippen LogP contribution in [0.2, 0.25) is 0 Å². The summed E-state index contributed by atoms with van der Waals surface area (Å²) < 4.78 is 30.4. The van der Waals surface area contributed by atoms with Gasteiger partial charge in [-0.3, -0.25) is 4.84 Å². The number of rotatable bonds is 8. The first-order valence-corrected chi connectivity index (χ1v) is 11.5. The monoisotopic (exact) mass is 419 g/mol. The van der Waals surface area contributed by atoms with Crippen molar-refractivity contribution in [3.63, 3.8) is 0 Å². The zero-order valence-electron chi connectivity index (χ0n) is 17.1. The minimum atomic E-state index is -3.54. The molecule has 2 aromatic carbocycles. The molecule has 7 nitrogen and oxygen atoms in total. The van der Waals surface area contributed by atoms with Crippen molar-refractivity contribution < 1.29 is 18.0 Å². The molecule has 1 aliphatic rings. The molecule has 0 aromatic heterocycles. The second kappa shape index (κ2) is 9.58. The highest BCUT2D eigenvalue weighted by molar-refractivity contribution is 7.91. The van der Waals surface area contributed by atoms with E-state index in [1.807, 2.05) is 6.07 Å². The van der Waals surface area contributed by atoms with E-state index in [9.17, 15) is 8.42 Å². The predicted octanol–water partition coefficient (Wildman–Crippen LogP) is 2.61. The molecule has 1 fully saturated rings. The van der Waals surface area contributed by atoms with Gasteiger partial charge in [-0.2, -0.15) is 0 Å². The summed E-state index contributed by atoms with van der Waals surface area (Å²) in [5.74, 6) is 0.700. The fourth-order valence-electron chi connectivity index (χ4n) is 3.81. The van der Waals surface area contributed by atoms with Gasteiger partial charge in [0.05, 0.1) is 26.2 Å². The average Bonchev–Trinajstić information content (AvgIpc) is 2.72. The molecular weight excluding hydrogens is 390 g/mol. The van der Waals surface area contributed by atoms with Crippen molar-refractivity contribution in [3.05, 3.63) is 59.7 Å². The summed E-state index contributed by atoms with van der Waals surface area (Å²) in [5, 5.41) is 7.24. The molecule has 0 saturated carbocycles. The molecule has 1 aliphatic heterocycles. The van der Waals surface area contributed by atoms with Gasteiger partial charge in [-0.05, 0) is 43.1 Å². The number of sulfonamides is 1. The van der Waals surface area contributed by atoms with Gasteiger partial charge < -0.3 is 15.4 Å². The van der Waals surface area contributed by atoms with Crippen LogP contribution in [-0.4, -0.2) is 41.5 Å². The maximum Gasteiger partial charge on any atom is 0.254 e. The number of ether oxygens (including phenoxy) is 1. The van der Waals surface area contributed by atoms with Crippen molar-refractivity contribution in [1.29, 1.82) is 0 Å². The van der Waals surface area contributed by atoms with E-state index < -0.39 is 10.0 Å². The number of piperidine rings is 1. The van der Waals surface area contributed by atoms with Crippen LogP contribution in [0.5, 0.6) is 5.75 Å². The summed E-state index contributed by atoms with van der Waals surface area (Å²) >= 11 is 0. The molecule has 1 heterocycles. The molecule has 2 N–H and O–H groups in total. The Bertz CT molecular complexity index is 905. The lowest BCUT2D eigenvalue weighted by molar-refractivity contribution is 0.216. The Hall–Kier alpha value is -2.13. The zero-order valence-corrected chi connectivity index (χ0v) is 17.9. The van der Waals surface area contributed by atoms with E-state index in [0.29, 0.717) is 18.0 Å². The van der Waals surface area contributed by atoms with Gasteiger partial charge in [0.25, 0.3) is 10.0 Å². The van der Waals surface area contributed by atoms with Crippen LogP contribution in [0.15, 0.2) is 48.5 Å². The summed E-state index contributed by atoms with van der Waals surface area (Å²) in [5.41, 5.74) is 2.56. The van der Waals surface area contributed by atoms with E-state index in [-0.39, 0.29) is 12.1 Å². The van der Waals surface area contributed by atoms with Crippen LogP contribution in [-0.2, 0) is 21.4 Å². The van der Waals surface area contributed by atoms with Gasteiger partial charge in [0.2, 0.25) is 0 Å². The first-order chi connectivity index (χ1) is 13.9. The van der Waals surface area contributed by atoms with Crippen LogP contribution in [0.3, 0.4) is 0 Å². The minimum absolute atomic E-state index is 0.227. The van der Waals surface area contributed by atoms with Crippen molar-refractivity contribution in [2.45, 2.75) is 31.5 Å². The lowest BCUT2D eigenvalue weighted by Crippen LogP contribution is -2.45. The number of hydrogen-bond acceptors (Lipinski definition) is 6. The van der Waals surface area contributed by atoms with Gasteiger partial charge in [-0.1, -0.05) is 30.3 Å². The van der Waals surface area contributed by atoms with E-state index in [2.05, 4.69) is 34.9 Å². The summed E-state index contributed by atoms with van der Waals surface area (Å²) in [6.07, 6.45) is 3.27. The number of nitrogens with zero attached hydrogens (tertiary/aromatic N) is 1. The van der Waals surface area contributed by atoms with E-state index >= 15 is 0 Å². The molecule has 0 aliphatic carbocycles. The van der Waals surface area contributed by atoms with Crippen molar-refractivity contribution in [2.24, 2.45) is 0 Å². The van der Waals surface area contributed by atoms with Crippen LogP contribution < -0.4 is 19.8 Å². The molecule has 0 spiro atoms. The van der Waals surface area contributed by atoms with Crippen molar-refractivity contribution in [2.75, 3.05) is 31.5 Å². The maximum atomic E-state index is 12.0. The predicted molar refractivity (Wildman–Crippen MR) is 114 cm³/mol. The number of benzene rings is 2. The van der Waals surface area contributed by atoms with Gasteiger partial charge >= 0.3 is 0 Å². The standard InChI is InChI=1S/C21H29N3O4S/c1-27-20-12-11-18(24(28-2)29(3,25)26)14-17(20)15-23-19-10-7-13-22-21(19)16-8-5-4-6-9-16/h4-6,8-9,11-12,14,19,21-23H,7,10,13,15H2,1-3H3/t19-,21-/m1/s1. The Morgan fingerprint density at radius 3 is 2.59 bits per heavy atom. The summed E-state index contributed by atoms with van der Waals surface area (Å²) in [6.45, 7) is 1.54. The highest BCUT2D eigenvalue weighted by atomic mass is 32.2. The first-order valence-electron chi connectivity index (χ1n) is 9.67. The number of methoxy groups -OCH3 is 1. The van der Waals surface area contributed by atoms with Crippen molar-refractivity contribution >= 4 is 15.7 Å². The lowest BCUT2D eigenvalue weighted by atomic mass is 9.92. The van der Waals surface area contributed by atoms with Gasteiger partial charge in [-0.15, -0.1) is 4.47 Å². The Kier molecular flexibility index (Phi) is 7.13. The molecule has 2 aromatic rings. The molecule has 0 bridgehead atoms. The van der Waals surface area contributed by atoms with E-state index in [1.165, 1.54) is 12.7 Å². The van der Waals surface area contributed by atoms with Crippen LogP contribution in [0.4, 0.5) is 5.69 Å². The Morgan fingerprint density at radius 1 is 1.17 bits per heavy atom. The van der Waals surface area contributed by atoms with Crippen molar-refractivity contribution in [1.82, 2.24) is 10.6 Å². The van der Waals surface area contributed by atoms with E-state index in [1.54, 1.807) is 25.3 Å². The number of nitrogens with one attached hydrogen (secondary N) is 2. The quantitative estimate of drug-likeness (QED) is 0.641. The Morgan fingerprint density at radius 2 is 1.93 bits per heavy atom. The highest BCUT2D eigenvalue weighted by Crippen LogP contribution is 2.28. The topological polar surface area (TPSA) is 79.9 Å². The minimum Gasteiger partial charge on any atom is -0.496 e. The zero-order chi connectivity index (χ0) is 20.9. The van der Waals surface area contributed by atoms with Crippen LogP contribution in [0.1, 0.15) is 30.0 Å². The molecule has 1 saturated heterocycles.